The molecule has 0 amide bonds. The van der Waals surface area contributed by atoms with Crippen molar-refractivity contribution >= 4 is 0 Å². The third-order valence-electron chi connectivity index (χ3n) is 8.24. The Kier molecular flexibility index (Phi) is 33.0. The Hall–Kier alpha value is -0.0400. The van der Waals surface area contributed by atoms with Gasteiger partial charge < -0.3 is 5.73 Å². The van der Waals surface area contributed by atoms with E-state index in [2.05, 4.69) is 13.8 Å². The van der Waals surface area contributed by atoms with Gasteiger partial charge in [0.1, 0.15) is 0 Å². The fraction of sp³-hybridized carbons (Fsp3) is 1.00. The van der Waals surface area contributed by atoms with Crippen molar-refractivity contribution in [2.45, 2.75) is 213 Å². The normalized spacial score (nSPS) is 11.7. The fourth-order valence-corrected chi connectivity index (χ4v) is 5.65. The predicted molar refractivity (Wildman–Crippen MR) is 167 cm³/mol. The summed E-state index contributed by atoms with van der Waals surface area (Å²) in [4.78, 5) is 0. The van der Waals surface area contributed by atoms with Crippen LogP contribution in [-0.4, -0.2) is 6.54 Å². The molecule has 0 bridgehead atoms. The van der Waals surface area contributed by atoms with E-state index in [9.17, 15) is 0 Å². The topological polar surface area (TPSA) is 26.0 Å². The third kappa shape index (κ3) is 34.0. The van der Waals surface area contributed by atoms with Crippen LogP contribution in [-0.2, 0) is 0 Å². The molecule has 0 saturated carbocycles. The smallest absolute Gasteiger partial charge is 0.00773 e. The summed E-state index contributed by atoms with van der Waals surface area (Å²) in [6.07, 6.45) is 45.3. The second-order valence-electron chi connectivity index (χ2n) is 12.6. The van der Waals surface area contributed by atoms with Crippen LogP contribution in [0.2, 0.25) is 0 Å². The van der Waals surface area contributed by atoms with Crippen molar-refractivity contribution in [3.63, 3.8) is 0 Å². The first-order chi connectivity index (χ1) is 17.8. The summed E-state index contributed by atoms with van der Waals surface area (Å²) in [5.74, 6) is 0.895. The molecule has 0 aliphatic heterocycles. The van der Waals surface area contributed by atoms with Crippen LogP contribution in [0.25, 0.3) is 0 Å². The Morgan fingerprint density at radius 3 is 0.611 bits per heavy atom. The molecule has 0 radical (unpaired) electrons. The molecule has 0 atom stereocenters. The van der Waals surface area contributed by atoms with Gasteiger partial charge in [0.2, 0.25) is 0 Å². The van der Waals surface area contributed by atoms with E-state index in [-0.39, 0.29) is 0 Å². The number of nitrogens with two attached hydrogens (primary N) is 1. The van der Waals surface area contributed by atoms with Crippen LogP contribution in [0.15, 0.2) is 0 Å². The zero-order valence-corrected chi connectivity index (χ0v) is 25.8. The van der Waals surface area contributed by atoms with Crippen LogP contribution in [0, 0.1) is 5.92 Å². The lowest BCUT2D eigenvalue weighted by Crippen LogP contribution is -1.97. The maximum atomic E-state index is 5.54. The summed E-state index contributed by atoms with van der Waals surface area (Å²) in [5.41, 5.74) is 5.54. The van der Waals surface area contributed by atoms with Gasteiger partial charge in [0.15, 0.2) is 0 Å². The minimum Gasteiger partial charge on any atom is -0.330 e. The van der Waals surface area contributed by atoms with Gasteiger partial charge in [-0.2, -0.15) is 0 Å². The van der Waals surface area contributed by atoms with Crippen molar-refractivity contribution in [3.8, 4) is 0 Å². The Morgan fingerprint density at radius 1 is 0.278 bits per heavy atom. The Bertz CT molecular complexity index is 364. The average Bonchev–Trinajstić information content (AvgIpc) is 2.87. The van der Waals surface area contributed by atoms with E-state index in [1.807, 2.05) is 0 Å². The molecule has 0 rings (SSSR count). The standard InChI is InChI=1S/C35H73N/c1-35(2)33-31-29-27-25-23-21-19-17-15-13-11-9-7-5-3-4-6-8-10-12-14-16-18-20-22-24-26-28-30-32-34-36/h35H,3-34,36H2,1-2H3. The van der Waals surface area contributed by atoms with E-state index >= 15 is 0 Å². The predicted octanol–water partition coefficient (Wildman–Crippen LogP) is 12.7. The van der Waals surface area contributed by atoms with Gasteiger partial charge >= 0.3 is 0 Å². The molecule has 0 saturated heterocycles. The third-order valence-corrected chi connectivity index (χ3v) is 8.24. The van der Waals surface area contributed by atoms with E-state index in [1.54, 1.807) is 0 Å². The van der Waals surface area contributed by atoms with Gasteiger partial charge in [-0.1, -0.05) is 206 Å². The molecule has 1 nitrogen and oxygen atoms in total. The molecule has 0 fully saturated rings. The number of rotatable bonds is 32. The molecule has 0 aromatic carbocycles. The van der Waals surface area contributed by atoms with Crippen molar-refractivity contribution in [1.82, 2.24) is 0 Å². The van der Waals surface area contributed by atoms with Gasteiger partial charge in [0, 0.05) is 0 Å². The lowest BCUT2D eigenvalue weighted by Gasteiger charge is -2.05. The van der Waals surface area contributed by atoms with Gasteiger partial charge in [-0.15, -0.1) is 0 Å². The number of hydrogen-bond donors (Lipinski definition) is 1. The van der Waals surface area contributed by atoms with E-state index in [0.29, 0.717) is 0 Å². The van der Waals surface area contributed by atoms with Crippen molar-refractivity contribution < 1.29 is 0 Å². The summed E-state index contributed by atoms with van der Waals surface area (Å²) < 4.78 is 0. The van der Waals surface area contributed by atoms with Gasteiger partial charge in [-0.25, -0.2) is 0 Å². The van der Waals surface area contributed by atoms with Crippen LogP contribution in [0.5, 0.6) is 0 Å². The monoisotopic (exact) mass is 508 g/mol. The molecule has 0 aromatic rings. The summed E-state index contributed by atoms with van der Waals surface area (Å²) in [6, 6.07) is 0. The molecule has 36 heavy (non-hydrogen) atoms. The first kappa shape index (κ1) is 36.0. The molecular formula is C35H73N. The SMILES string of the molecule is CC(C)CCCCCCCCCCCCCCCCCCCCCCCCCCCCCCCCN. The molecule has 0 aliphatic rings. The molecule has 0 unspecified atom stereocenters. The van der Waals surface area contributed by atoms with Crippen molar-refractivity contribution in [2.75, 3.05) is 6.54 Å². The Balaban J connectivity index is 3.01. The number of hydrogen-bond acceptors (Lipinski definition) is 1. The molecular weight excluding hydrogens is 434 g/mol. The van der Waals surface area contributed by atoms with Crippen LogP contribution in [0.4, 0.5) is 0 Å². The highest BCUT2D eigenvalue weighted by atomic mass is 14.5. The minimum atomic E-state index is 0.874. The summed E-state index contributed by atoms with van der Waals surface area (Å²) in [5, 5.41) is 0. The molecule has 218 valence electrons. The fourth-order valence-electron chi connectivity index (χ4n) is 5.65. The van der Waals surface area contributed by atoms with Crippen molar-refractivity contribution in [1.29, 1.82) is 0 Å². The Morgan fingerprint density at radius 2 is 0.444 bits per heavy atom. The van der Waals surface area contributed by atoms with Crippen LogP contribution >= 0.6 is 0 Å². The molecule has 0 heterocycles. The first-order valence-corrected chi connectivity index (χ1v) is 17.5. The maximum absolute atomic E-state index is 5.54. The van der Waals surface area contributed by atoms with Gasteiger partial charge in [-0.3, -0.25) is 0 Å². The van der Waals surface area contributed by atoms with Gasteiger partial charge in [-0.05, 0) is 18.9 Å². The zero-order valence-electron chi connectivity index (χ0n) is 25.8. The molecule has 0 aromatic heterocycles. The highest BCUT2D eigenvalue weighted by molar-refractivity contribution is 4.53. The molecule has 0 spiro atoms. The van der Waals surface area contributed by atoms with Crippen molar-refractivity contribution in [3.05, 3.63) is 0 Å². The Labute approximate surface area is 230 Å². The summed E-state index contributed by atoms with van der Waals surface area (Å²) >= 11 is 0. The molecule has 1 heteroatoms. The van der Waals surface area contributed by atoms with E-state index in [1.165, 1.54) is 199 Å². The molecule has 2 N–H and O–H groups in total. The first-order valence-electron chi connectivity index (χ1n) is 17.5. The second kappa shape index (κ2) is 33.0. The minimum absolute atomic E-state index is 0.874. The molecule has 0 aliphatic carbocycles. The maximum Gasteiger partial charge on any atom is -0.00773 e. The van der Waals surface area contributed by atoms with E-state index in [0.717, 1.165) is 12.5 Å². The van der Waals surface area contributed by atoms with Crippen LogP contribution in [0.3, 0.4) is 0 Å². The van der Waals surface area contributed by atoms with Crippen LogP contribution in [0.1, 0.15) is 213 Å². The van der Waals surface area contributed by atoms with Gasteiger partial charge in [0.05, 0.1) is 0 Å². The van der Waals surface area contributed by atoms with Gasteiger partial charge in [0.25, 0.3) is 0 Å². The second-order valence-corrected chi connectivity index (χ2v) is 12.6. The quantitative estimate of drug-likeness (QED) is 0.0900. The highest BCUT2D eigenvalue weighted by Gasteiger charge is 1.97. The zero-order chi connectivity index (χ0) is 26.2. The van der Waals surface area contributed by atoms with Crippen LogP contribution < -0.4 is 5.73 Å². The number of unbranched alkanes of at least 4 members (excludes halogenated alkanes) is 29. The lowest BCUT2D eigenvalue weighted by molar-refractivity contribution is 0.500. The summed E-state index contributed by atoms with van der Waals surface area (Å²) in [7, 11) is 0. The highest BCUT2D eigenvalue weighted by Crippen LogP contribution is 2.17. The lowest BCUT2D eigenvalue weighted by atomic mass is 10.0. The van der Waals surface area contributed by atoms with E-state index < -0.39 is 0 Å². The van der Waals surface area contributed by atoms with Crippen molar-refractivity contribution in [2.24, 2.45) is 11.7 Å². The van der Waals surface area contributed by atoms with E-state index in [4.69, 9.17) is 5.73 Å². The largest absolute Gasteiger partial charge is 0.330 e. The average molecular weight is 508 g/mol. The summed E-state index contributed by atoms with van der Waals surface area (Å²) in [6.45, 7) is 5.57.